The van der Waals surface area contributed by atoms with Crippen LogP contribution in [0, 0.1) is 0 Å². The van der Waals surface area contributed by atoms with Crippen LogP contribution in [0.3, 0.4) is 0 Å². The first-order valence-corrected chi connectivity index (χ1v) is 11.7. The highest BCUT2D eigenvalue weighted by molar-refractivity contribution is 5.80. The molecule has 0 aliphatic carbocycles. The topological polar surface area (TPSA) is 52.1 Å². The molecule has 6 heteroatoms. The molecule has 1 aromatic carbocycles. The van der Waals surface area contributed by atoms with Crippen LogP contribution in [0.2, 0.25) is 0 Å². The van der Waals surface area contributed by atoms with Crippen LogP contribution in [0.1, 0.15) is 59.1 Å². The fourth-order valence-corrected chi connectivity index (χ4v) is 4.20. The molecule has 1 saturated heterocycles. The smallest absolute Gasteiger partial charge is 0.191 e. The average molecular weight is 418 g/mol. The van der Waals surface area contributed by atoms with Crippen molar-refractivity contribution in [1.29, 1.82) is 0 Å². The van der Waals surface area contributed by atoms with Gasteiger partial charge in [0.25, 0.3) is 0 Å². The number of likely N-dealkylation sites (N-methyl/N-ethyl adjacent to an activating group) is 1. The summed E-state index contributed by atoms with van der Waals surface area (Å²) in [6.07, 6.45) is 2.33. The molecule has 1 heterocycles. The maximum atomic E-state index is 5.46. The van der Waals surface area contributed by atoms with Gasteiger partial charge >= 0.3 is 0 Å². The SMILES string of the molecule is CCNC(=NCC(c1cccc(OC)c1)N(CC)CC)NC1CCN(C(C)C)CC1. The summed E-state index contributed by atoms with van der Waals surface area (Å²) in [6.45, 7) is 17.0. The second kappa shape index (κ2) is 12.8. The van der Waals surface area contributed by atoms with Crippen molar-refractivity contribution in [1.82, 2.24) is 20.4 Å². The molecule has 1 aliphatic heterocycles. The van der Waals surface area contributed by atoms with E-state index in [-0.39, 0.29) is 6.04 Å². The summed E-state index contributed by atoms with van der Waals surface area (Å²) >= 11 is 0. The number of nitrogens with zero attached hydrogens (tertiary/aromatic N) is 3. The molecule has 0 radical (unpaired) electrons. The van der Waals surface area contributed by atoms with Crippen molar-refractivity contribution in [3.8, 4) is 5.75 Å². The van der Waals surface area contributed by atoms with Gasteiger partial charge in [-0.05, 0) is 64.4 Å². The highest BCUT2D eigenvalue weighted by Crippen LogP contribution is 2.24. The van der Waals surface area contributed by atoms with E-state index < -0.39 is 0 Å². The molecule has 0 aromatic heterocycles. The van der Waals surface area contributed by atoms with E-state index in [2.05, 4.69) is 73.3 Å². The number of rotatable bonds is 10. The van der Waals surface area contributed by atoms with E-state index in [1.807, 2.05) is 6.07 Å². The first kappa shape index (κ1) is 24.5. The zero-order chi connectivity index (χ0) is 21.9. The quantitative estimate of drug-likeness (QED) is 0.451. The van der Waals surface area contributed by atoms with Gasteiger partial charge in [-0.15, -0.1) is 0 Å². The molecule has 0 spiro atoms. The predicted molar refractivity (Wildman–Crippen MR) is 128 cm³/mol. The zero-order valence-corrected chi connectivity index (χ0v) is 19.9. The van der Waals surface area contributed by atoms with Gasteiger partial charge in [0.2, 0.25) is 0 Å². The number of methoxy groups -OCH3 is 1. The van der Waals surface area contributed by atoms with Gasteiger partial charge in [0.1, 0.15) is 5.75 Å². The maximum absolute atomic E-state index is 5.46. The molecule has 6 nitrogen and oxygen atoms in total. The van der Waals surface area contributed by atoms with Crippen molar-refractivity contribution in [2.24, 2.45) is 4.99 Å². The van der Waals surface area contributed by atoms with E-state index in [0.717, 1.165) is 63.8 Å². The van der Waals surface area contributed by atoms with E-state index in [9.17, 15) is 0 Å². The first-order valence-electron chi connectivity index (χ1n) is 11.7. The largest absolute Gasteiger partial charge is 0.497 e. The minimum Gasteiger partial charge on any atom is -0.497 e. The Balaban J connectivity index is 2.11. The van der Waals surface area contributed by atoms with E-state index in [4.69, 9.17) is 9.73 Å². The lowest BCUT2D eigenvalue weighted by molar-refractivity contribution is 0.167. The number of hydrogen-bond donors (Lipinski definition) is 2. The van der Waals surface area contributed by atoms with E-state index in [0.29, 0.717) is 12.1 Å². The average Bonchev–Trinajstić information content (AvgIpc) is 2.77. The standard InChI is InChI=1S/C24H43N5O/c1-7-25-24(27-21-13-15-29(16-14-21)19(4)5)26-18-23(28(8-2)9-3)20-11-10-12-22(17-20)30-6/h10-12,17,19,21,23H,7-9,13-16,18H2,1-6H3,(H2,25,26,27). The molecule has 1 aliphatic rings. The second-order valence-electron chi connectivity index (χ2n) is 8.28. The van der Waals surface area contributed by atoms with Gasteiger partial charge in [-0.1, -0.05) is 26.0 Å². The summed E-state index contributed by atoms with van der Waals surface area (Å²) in [5.41, 5.74) is 1.25. The molecular weight excluding hydrogens is 374 g/mol. The van der Waals surface area contributed by atoms with Gasteiger partial charge < -0.3 is 20.3 Å². The van der Waals surface area contributed by atoms with Crippen molar-refractivity contribution >= 4 is 5.96 Å². The molecule has 2 rings (SSSR count). The molecule has 30 heavy (non-hydrogen) atoms. The molecule has 170 valence electrons. The minimum atomic E-state index is 0.230. The summed E-state index contributed by atoms with van der Waals surface area (Å²) < 4.78 is 5.46. The van der Waals surface area contributed by atoms with Gasteiger partial charge in [-0.25, -0.2) is 0 Å². The Labute approximate surface area is 184 Å². The lowest BCUT2D eigenvalue weighted by atomic mass is 10.0. The third-order valence-electron chi connectivity index (χ3n) is 6.10. The van der Waals surface area contributed by atoms with Crippen LogP contribution in [-0.2, 0) is 0 Å². The molecule has 1 fully saturated rings. The Morgan fingerprint density at radius 2 is 1.90 bits per heavy atom. The van der Waals surface area contributed by atoms with Crippen LogP contribution in [-0.4, -0.2) is 74.2 Å². The summed E-state index contributed by atoms with van der Waals surface area (Å²) in [6, 6.07) is 9.74. The highest BCUT2D eigenvalue weighted by Gasteiger charge is 2.22. The Bertz CT molecular complexity index is 636. The fourth-order valence-electron chi connectivity index (χ4n) is 4.20. The molecule has 1 atom stereocenters. The second-order valence-corrected chi connectivity index (χ2v) is 8.28. The lowest BCUT2D eigenvalue weighted by Crippen LogP contribution is -2.50. The molecule has 0 bridgehead atoms. The monoisotopic (exact) mass is 417 g/mol. The number of benzene rings is 1. The van der Waals surface area contributed by atoms with Crippen LogP contribution >= 0.6 is 0 Å². The molecule has 1 aromatic rings. The maximum Gasteiger partial charge on any atom is 0.191 e. The third-order valence-corrected chi connectivity index (χ3v) is 6.10. The summed E-state index contributed by atoms with van der Waals surface area (Å²) in [7, 11) is 1.72. The van der Waals surface area contributed by atoms with E-state index in [1.54, 1.807) is 7.11 Å². The molecular formula is C24H43N5O. The Hall–Kier alpha value is -1.79. The van der Waals surface area contributed by atoms with Crippen LogP contribution in [0.5, 0.6) is 5.75 Å². The summed E-state index contributed by atoms with van der Waals surface area (Å²) in [5.74, 6) is 1.83. The van der Waals surface area contributed by atoms with Crippen molar-refractivity contribution in [2.45, 2.75) is 65.6 Å². The molecule has 1 unspecified atom stereocenters. The fraction of sp³-hybridized carbons (Fsp3) is 0.708. The minimum absolute atomic E-state index is 0.230. The van der Waals surface area contributed by atoms with Crippen LogP contribution in [0.15, 0.2) is 29.3 Å². The molecule has 0 saturated carbocycles. The number of nitrogens with one attached hydrogen (secondary N) is 2. The zero-order valence-electron chi connectivity index (χ0n) is 19.9. The van der Waals surface area contributed by atoms with Gasteiger partial charge in [-0.2, -0.15) is 0 Å². The Morgan fingerprint density at radius 1 is 1.20 bits per heavy atom. The summed E-state index contributed by atoms with van der Waals surface area (Å²) in [4.78, 5) is 10.0. The third kappa shape index (κ3) is 7.17. The molecule has 2 N–H and O–H groups in total. The highest BCUT2D eigenvalue weighted by atomic mass is 16.5. The van der Waals surface area contributed by atoms with Gasteiger partial charge in [0.15, 0.2) is 5.96 Å². The normalized spacial score (nSPS) is 17.4. The van der Waals surface area contributed by atoms with Crippen LogP contribution in [0.25, 0.3) is 0 Å². The van der Waals surface area contributed by atoms with Gasteiger partial charge in [0.05, 0.1) is 19.7 Å². The van der Waals surface area contributed by atoms with Crippen molar-refractivity contribution in [3.63, 3.8) is 0 Å². The molecule has 0 amide bonds. The predicted octanol–water partition coefficient (Wildman–Crippen LogP) is 3.51. The number of piperidine rings is 1. The Morgan fingerprint density at radius 3 is 2.47 bits per heavy atom. The lowest BCUT2D eigenvalue weighted by Gasteiger charge is -2.35. The number of ether oxygens (including phenoxy) is 1. The summed E-state index contributed by atoms with van der Waals surface area (Å²) in [5, 5.41) is 7.14. The number of hydrogen-bond acceptors (Lipinski definition) is 4. The number of likely N-dealkylation sites (tertiary alicyclic amines) is 1. The van der Waals surface area contributed by atoms with E-state index >= 15 is 0 Å². The van der Waals surface area contributed by atoms with Crippen molar-refractivity contribution in [2.75, 3.05) is 46.4 Å². The Kier molecular flexibility index (Phi) is 10.4. The van der Waals surface area contributed by atoms with E-state index in [1.165, 1.54) is 5.56 Å². The van der Waals surface area contributed by atoms with Crippen LogP contribution < -0.4 is 15.4 Å². The first-order chi connectivity index (χ1) is 14.5. The van der Waals surface area contributed by atoms with Crippen molar-refractivity contribution < 1.29 is 4.74 Å². The number of aliphatic imine (C=N–C) groups is 1. The van der Waals surface area contributed by atoms with Gasteiger partial charge in [-0.3, -0.25) is 9.89 Å². The number of guanidine groups is 1. The van der Waals surface area contributed by atoms with Gasteiger partial charge in [0, 0.05) is 31.7 Å². The van der Waals surface area contributed by atoms with Crippen LogP contribution in [0.4, 0.5) is 0 Å². The van der Waals surface area contributed by atoms with Crippen molar-refractivity contribution in [3.05, 3.63) is 29.8 Å².